The van der Waals surface area contributed by atoms with Gasteiger partial charge in [-0.1, -0.05) is 23.2 Å². The van der Waals surface area contributed by atoms with Crippen molar-refractivity contribution < 1.29 is 24.2 Å². The highest BCUT2D eigenvalue weighted by molar-refractivity contribution is 6.34. The zero-order chi connectivity index (χ0) is 31.3. The molecule has 3 heterocycles. The van der Waals surface area contributed by atoms with Gasteiger partial charge in [0.2, 0.25) is 5.91 Å². The molecule has 0 bridgehead atoms. The second-order valence-corrected chi connectivity index (χ2v) is 11.7. The minimum Gasteiger partial charge on any atom is -0.496 e. The number of nitrogens with zero attached hydrogens (tertiary/aromatic N) is 5. The Morgan fingerprint density at radius 1 is 1.00 bits per heavy atom. The lowest BCUT2D eigenvalue weighted by Gasteiger charge is -2.38. The maximum Gasteiger partial charge on any atom is 0.407 e. The number of amides is 3. The van der Waals surface area contributed by atoms with E-state index in [0.717, 1.165) is 16.7 Å². The van der Waals surface area contributed by atoms with E-state index >= 15 is 0 Å². The lowest BCUT2D eigenvalue weighted by molar-refractivity contribution is 0.0477. The molecule has 0 radical (unpaired) electrons. The average Bonchev–Trinajstić information content (AvgIpc) is 3.40. The Morgan fingerprint density at radius 2 is 1.75 bits per heavy atom. The minimum atomic E-state index is -1.01. The Kier molecular flexibility index (Phi) is 7.68. The molecule has 2 aromatic carbocycles. The normalized spacial score (nSPS) is 15.9. The van der Waals surface area contributed by atoms with E-state index in [1.54, 1.807) is 47.2 Å². The second kappa shape index (κ2) is 11.5. The highest BCUT2D eigenvalue weighted by atomic mass is 35.5. The highest BCUT2D eigenvalue weighted by Gasteiger charge is 2.36. The van der Waals surface area contributed by atoms with Crippen LogP contribution in [0.4, 0.5) is 4.79 Å². The first kappa shape index (κ1) is 29.5. The van der Waals surface area contributed by atoms with Crippen LogP contribution in [0.3, 0.4) is 0 Å². The third kappa shape index (κ3) is 5.22. The predicted octanol–water partition coefficient (Wildman–Crippen LogP) is 4.94. The number of fused-ring (bicyclic) bond motifs is 3. The molecule has 3 N–H and O–H groups in total. The van der Waals surface area contributed by atoms with Crippen molar-refractivity contribution in [3.05, 3.63) is 81.2 Å². The van der Waals surface area contributed by atoms with Crippen LogP contribution in [0.5, 0.6) is 5.75 Å². The molecule has 2 aromatic heterocycles. The van der Waals surface area contributed by atoms with E-state index in [2.05, 4.69) is 4.98 Å². The van der Waals surface area contributed by atoms with Gasteiger partial charge in [0.05, 0.1) is 24.1 Å². The fourth-order valence-corrected chi connectivity index (χ4v) is 6.49. The maximum atomic E-state index is 14.1. The summed E-state index contributed by atoms with van der Waals surface area (Å²) in [6.45, 7) is 2.49. The number of methoxy groups -OCH3 is 1. The van der Waals surface area contributed by atoms with Gasteiger partial charge in [-0.05, 0) is 61.7 Å². The van der Waals surface area contributed by atoms with Gasteiger partial charge in [0.25, 0.3) is 5.91 Å². The van der Waals surface area contributed by atoms with E-state index in [9.17, 15) is 19.5 Å². The molecule has 44 heavy (non-hydrogen) atoms. The van der Waals surface area contributed by atoms with Crippen molar-refractivity contribution in [1.29, 1.82) is 0 Å². The lowest BCUT2D eigenvalue weighted by atomic mass is 9.86. The van der Waals surface area contributed by atoms with Crippen LogP contribution in [-0.4, -0.2) is 80.4 Å². The monoisotopic (exact) mass is 634 g/mol. The minimum absolute atomic E-state index is 0.207. The van der Waals surface area contributed by atoms with Gasteiger partial charge in [-0.2, -0.15) is 5.10 Å². The Morgan fingerprint density at radius 3 is 2.41 bits per heavy atom. The van der Waals surface area contributed by atoms with Crippen molar-refractivity contribution in [1.82, 2.24) is 24.6 Å². The average molecular weight is 636 g/mol. The number of piperazine rings is 1. The summed E-state index contributed by atoms with van der Waals surface area (Å²) in [5.41, 5.74) is 11.2. The van der Waals surface area contributed by atoms with E-state index in [1.807, 2.05) is 19.1 Å². The van der Waals surface area contributed by atoms with Crippen LogP contribution < -0.4 is 10.5 Å². The summed E-state index contributed by atoms with van der Waals surface area (Å²) in [6.07, 6.45) is 3.16. The second-order valence-electron chi connectivity index (χ2n) is 10.8. The quantitative estimate of drug-likeness (QED) is 0.316. The van der Waals surface area contributed by atoms with Crippen LogP contribution in [0.2, 0.25) is 10.0 Å². The number of benzene rings is 2. The molecule has 6 rings (SSSR count). The van der Waals surface area contributed by atoms with Crippen molar-refractivity contribution in [2.24, 2.45) is 5.73 Å². The van der Waals surface area contributed by atoms with Gasteiger partial charge in [-0.15, -0.1) is 0 Å². The van der Waals surface area contributed by atoms with Gasteiger partial charge < -0.3 is 25.4 Å². The van der Waals surface area contributed by atoms with Crippen LogP contribution in [0.25, 0.3) is 28.1 Å². The van der Waals surface area contributed by atoms with E-state index in [4.69, 9.17) is 38.8 Å². The summed E-state index contributed by atoms with van der Waals surface area (Å²) in [6, 6.07) is 10.3. The number of aromatic nitrogens is 3. The largest absolute Gasteiger partial charge is 0.496 e. The summed E-state index contributed by atoms with van der Waals surface area (Å²) in [4.78, 5) is 44.8. The Balaban J connectivity index is 1.54. The van der Waals surface area contributed by atoms with E-state index in [1.165, 1.54) is 11.1 Å². The number of carboxylic acid groups (broad SMARTS) is 1. The summed E-state index contributed by atoms with van der Waals surface area (Å²) in [5.74, 6) is -0.286. The molecule has 0 saturated carbocycles. The molecule has 13 heteroatoms. The molecule has 1 saturated heterocycles. The number of ether oxygens (including phenoxy) is 1. The topological polar surface area (TPSA) is 144 Å². The third-order valence-electron chi connectivity index (χ3n) is 8.10. The number of primary amides is 1. The molecule has 1 atom stereocenters. The summed E-state index contributed by atoms with van der Waals surface area (Å²) in [5, 5.41) is 15.1. The van der Waals surface area contributed by atoms with Crippen molar-refractivity contribution in [2.75, 3.05) is 26.7 Å². The first-order valence-electron chi connectivity index (χ1n) is 13.9. The zero-order valence-corrected chi connectivity index (χ0v) is 25.4. The number of rotatable bonds is 5. The first-order chi connectivity index (χ1) is 21.0. The Labute approximate surface area is 262 Å². The number of nitrogens with two attached hydrogens (primary N) is 1. The third-order valence-corrected chi connectivity index (χ3v) is 8.53. The van der Waals surface area contributed by atoms with Crippen molar-refractivity contribution in [3.63, 3.8) is 0 Å². The van der Waals surface area contributed by atoms with Crippen LogP contribution in [0.1, 0.15) is 38.9 Å². The maximum absolute atomic E-state index is 14.1. The first-order valence-corrected chi connectivity index (χ1v) is 14.6. The highest BCUT2D eigenvalue weighted by Crippen LogP contribution is 2.43. The molecular weight excluding hydrogens is 607 g/mol. The van der Waals surface area contributed by atoms with Gasteiger partial charge in [0, 0.05) is 70.4 Å². The van der Waals surface area contributed by atoms with Crippen molar-refractivity contribution in [2.45, 2.75) is 25.8 Å². The number of carbonyl (C=O) groups is 3. The number of hydrogen-bond donors (Lipinski definition) is 2. The molecule has 0 spiro atoms. The Bertz CT molecular complexity index is 1820. The van der Waals surface area contributed by atoms with E-state index in [-0.39, 0.29) is 42.8 Å². The number of pyridine rings is 1. The molecule has 11 nitrogen and oxygen atoms in total. The molecule has 4 aromatic rings. The van der Waals surface area contributed by atoms with Crippen LogP contribution in [0.15, 0.2) is 48.8 Å². The molecular formula is C31H28Cl2N6O5. The fraction of sp³-hybridized carbons (Fsp3) is 0.258. The summed E-state index contributed by atoms with van der Waals surface area (Å²) in [7, 11) is 1.57. The van der Waals surface area contributed by atoms with Crippen LogP contribution in [-0.2, 0) is 12.8 Å². The standard InChI is InChI=1S/C31H28Cl2N6O5/c1-16-15-37(31(42)43)5-6-38(16)30(41)27-23-4-3-17-8-26(44-2)24(18-7-19(29(34)40)14-35-13-18)12-25(17)28(23)39(36-27)22-10-20(32)9-21(33)11-22/h7-14,16H,3-6,15H2,1-2H3,(H2,34,40)(H,42,43). The molecule has 3 amide bonds. The van der Waals surface area contributed by atoms with Gasteiger partial charge in [-0.3, -0.25) is 14.6 Å². The predicted molar refractivity (Wildman–Crippen MR) is 165 cm³/mol. The summed E-state index contributed by atoms with van der Waals surface area (Å²) >= 11 is 12.8. The molecule has 2 aliphatic rings. The van der Waals surface area contributed by atoms with Crippen molar-refractivity contribution >= 4 is 41.1 Å². The SMILES string of the molecule is COc1cc2c(cc1-c1cncc(C(N)=O)c1)-c1c(c(C(=O)N3CCN(C(=O)O)CC3C)nn1-c1cc(Cl)cc(Cl)c1)CC2. The smallest absolute Gasteiger partial charge is 0.407 e. The summed E-state index contributed by atoms with van der Waals surface area (Å²) < 4.78 is 7.44. The molecule has 1 aliphatic carbocycles. The van der Waals surface area contributed by atoms with Crippen LogP contribution in [0, 0.1) is 0 Å². The molecule has 1 aliphatic heterocycles. The van der Waals surface area contributed by atoms with Gasteiger partial charge in [-0.25, -0.2) is 9.48 Å². The number of halogens is 2. The molecule has 1 unspecified atom stereocenters. The van der Waals surface area contributed by atoms with E-state index < -0.39 is 12.0 Å². The zero-order valence-electron chi connectivity index (χ0n) is 23.9. The number of aryl methyl sites for hydroxylation is 1. The van der Waals surface area contributed by atoms with Crippen molar-refractivity contribution in [3.8, 4) is 33.8 Å². The Hall–Kier alpha value is -4.61. The number of carbonyl (C=O) groups excluding carboxylic acids is 2. The molecule has 1 fully saturated rings. The fourth-order valence-electron chi connectivity index (χ4n) is 5.98. The number of hydrogen-bond acceptors (Lipinski definition) is 6. The van der Waals surface area contributed by atoms with Gasteiger partial charge in [0.15, 0.2) is 5.69 Å². The van der Waals surface area contributed by atoms with Crippen LogP contribution >= 0.6 is 23.2 Å². The van der Waals surface area contributed by atoms with Gasteiger partial charge in [0.1, 0.15) is 5.75 Å². The van der Waals surface area contributed by atoms with Gasteiger partial charge >= 0.3 is 6.09 Å². The molecule has 226 valence electrons. The lowest BCUT2D eigenvalue weighted by Crippen LogP contribution is -2.55. The van der Waals surface area contributed by atoms with E-state index in [0.29, 0.717) is 51.1 Å².